The Hall–Kier alpha value is -2.55. The average molecular weight is 490 g/mol. The van der Waals surface area contributed by atoms with Crippen molar-refractivity contribution in [1.29, 1.82) is 0 Å². The van der Waals surface area contributed by atoms with E-state index in [1.165, 1.54) is 31.2 Å². The zero-order chi connectivity index (χ0) is 22.8. The molecule has 0 atom stereocenters. The molecule has 0 spiro atoms. The van der Waals surface area contributed by atoms with E-state index in [0.29, 0.717) is 10.0 Å². The minimum absolute atomic E-state index is 0.0506. The molecule has 3 rings (SSSR count). The Morgan fingerprint density at radius 1 is 1.13 bits per heavy atom. The van der Waals surface area contributed by atoms with Gasteiger partial charge in [-0.05, 0) is 43.3 Å². The Balaban J connectivity index is 1.97. The van der Waals surface area contributed by atoms with E-state index < -0.39 is 17.8 Å². The number of nitrogens with zero attached hydrogens (tertiary/aromatic N) is 2. The number of benzene rings is 2. The Morgan fingerprint density at radius 3 is 2.45 bits per heavy atom. The van der Waals surface area contributed by atoms with E-state index in [1.54, 1.807) is 18.2 Å². The second-order valence-corrected chi connectivity index (χ2v) is 7.75. The molecule has 0 aliphatic rings. The van der Waals surface area contributed by atoms with Crippen molar-refractivity contribution in [2.24, 2.45) is 4.99 Å². The summed E-state index contributed by atoms with van der Waals surface area (Å²) in [6, 6.07) is 10.7. The highest BCUT2D eigenvalue weighted by molar-refractivity contribution is 6.36. The van der Waals surface area contributed by atoms with Gasteiger partial charge in [-0.3, -0.25) is 9.89 Å². The molecule has 0 bridgehead atoms. The molecule has 31 heavy (non-hydrogen) atoms. The summed E-state index contributed by atoms with van der Waals surface area (Å²) < 4.78 is 39.2. The Kier molecular flexibility index (Phi) is 6.93. The number of amidine groups is 1. The van der Waals surface area contributed by atoms with Crippen LogP contribution >= 0.6 is 34.8 Å². The minimum atomic E-state index is -4.61. The highest BCUT2D eigenvalue weighted by Crippen LogP contribution is 2.32. The van der Waals surface area contributed by atoms with Crippen LogP contribution in [0.4, 0.5) is 18.9 Å². The van der Waals surface area contributed by atoms with Gasteiger partial charge in [-0.2, -0.15) is 18.3 Å². The van der Waals surface area contributed by atoms with Crippen molar-refractivity contribution in [1.82, 2.24) is 15.5 Å². The lowest BCUT2D eigenvalue weighted by Crippen LogP contribution is -2.32. The summed E-state index contributed by atoms with van der Waals surface area (Å²) >= 11 is 18.0. The maximum atomic E-state index is 13.1. The van der Waals surface area contributed by atoms with E-state index in [0.717, 1.165) is 0 Å². The molecule has 1 amide bonds. The number of halogens is 6. The highest BCUT2D eigenvalue weighted by atomic mass is 35.5. The number of alkyl halides is 3. The topological polar surface area (TPSA) is 70.1 Å². The molecule has 0 aliphatic heterocycles. The zero-order valence-electron chi connectivity index (χ0n) is 15.8. The lowest BCUT2D eigenvalue weighted by molar-refractivity contribution is -0.141. The molecular weight excluding hydrogens is 476 g/mol. The number of carbonyl (C=O) groups is 1. The van der Waals surface area contributed by atoms with Gasteiger partial charge in [-0.25, -0.2) is 4.99 Å². The summed E-state index contributed by atoms with van der Waals surface area (Å²) in [5.74, 6) is -0.491. The second kappa shape index (κ2) is 9.30. The number of amides is 1. The van der Waals surface area contributed by atoms with E-state index in [4.69, 9.17) is 34.8 Å². The van der Waals surface area contributed by atoms with Crippen LogP contribution in [-0.2, 0) is 12.6 Å². The molecule has 0 saturated heterocycles. The molecule has 1 aromatic heterocycles. The van der Waals surface area contributed by atoms with Gasteiger partial charge in [0.1, 0.15) is 5.84 Å². The molecule has 0 aliphatic carbocycles. The van der Waals surface area contributed by atoms with Gasteiger partial charge in [0.25, 0.3) is 5.91 Å². The molecule has 5 nitrogen and oxygen atoms in total. The first kappa shape index (κ1) is 23.1. The largest absolute Gasteiger partial charge is 0.435 e. The number of aliphatic imine (C=N–C) groups is 1. The molecule has 0 fully saturated rings. The molecule has 0 unspecified atom stereocenters. The lowest BCUT2D eigenvalue weighted by atomic mass is 10.1. The van der Waals surface area contributed by atoms with Crippen molar-refractivity contribution in [3.63, 3.8) is 0 Å². The summed E-state index contributed by atoms with van der Waals surface area (Å²) in [6.45, 7) is 1.29. The molecule has 3 aromatic rings. The van der Waals surface area contributed by atoms with Crippen molar-refractivity contribution in [3.05, 3.63) is 80.0 Å². The summed E-state index contributed by atoms with van der Waals surface area (Å²) in [5, 5.41) is 9.26. The number of hydrogen-bond acceptors (Lipinski definition) is 3. The maximum Gasteiger partial charge on any atom is 0.435 e. The van der Waals surface area contributed by atoms with Crippen LogP contribution in [0.1, 0.15) is 27.3 Å². The van der Waals surface area contributed by atoms with Crippen molar-refractivity contribution in [2.75, 3.05) is 0 Å². The van der Waals surface area contributed by atoms with Gasteiger partial charge in [0.05, 0.1) is 10.7 Å². The van der Waals surface area contributed by atoms with Crippen LogP contribution in [0.5, 0.6) is 0 Å². The Labute approximate surface area is 190 Å². The van der Waals surface area contributed by atoms with Crippen LogP contribution in [-0.4, -0.2) is 21.9 Å². The van der Waals surface area contributed by atoms with Crippen LogP contribution < -0.4 is 5.32 Å². The SMILES string of the molecule is Cc1c(C(F)(F)F)n[nH]c1CC(=Nc1ccc(Cl)cc1Cl)NC(=O)c1cccc(Cl)c1. The number of nitrogens with one attached hydrogen (secondary N) is 2. The van der Waals surface area contributed by atoms with Gasteiger partial charge < -0.3 is 5.32 Å². The fraction of sp³-hybridized carbons (Fsp3) is 0.150. The molecule has 0 saturated carbocycles. The first-order chi connectivity index (χ1) is 14.5. The number of H-pyrrole nitrogens is 1. The fourth-order valence-corrected chi connectivity index (χ4v) is 3.35. The standard InChI is InChI=1S/C20H14Cl3F3N4O/c1-10-16(29-30-18(10)20(24,25)26)9-17(27-15-6-5-13(22)8-14(15)23)28-19(31)11-3-2-4-12(21)7-11/h2-8H,9H2,1H3,(H,29,30)(H,27,28,31). The number of rotatable bonds is 4. The predicted octanol–water partition coefficient (Wildman–Crippen LogP) is 6.40. The first-order valence-electron chi connectivity index (χ1n) is 8.75. The Morgan fingerprint density at radius 2 is 1.84 bits per heavy atom. The third-order valence-electron chi connectivity index (χ3n) is 4.23. The monoisotopic (exact) mass is 488 g/mol. The van der Waals surface area contributed by atoms with Gasteiger partial charge in [0, 0.05) is 33.3 Å². The lowest BCUT2D eigenvalue weighted by Gasteiger charge is -2.11. The maximum absolute atomic E-state index is 13.1. The summed E-state index contributed by atoms with van der Waals surface area (Å²) in [5.41, 5.74) is -0.463. The van der Waals surface area contributed by atoms with E-state index in [-0.39, 0.29) is 39.8 Å². The van der Waals surface area contributed by atoms with Crippen LogP contribution in [0.2, 0.25) is 15.1 Å². The number of carbonyl (C=O) groups excluding carboxylic acids is 1. The van der Waals surface area contributed by atoms with Crippen molar-refractivity contribution in [2.45, 2.75) is 19.5 Å². The average Bonchev–Trinajstić information content (AvgIpc) is 3.04. The zero-order valence-corrected chi connectivity index (χ0v) is 18.1. The highest BCUT2D eigenvalue weighted by Gasteiger charge is 2.36. The smallest absolute Gasteiger partial charge is 0.310 e. The van der Waals surface area contributed by atoms with Crippen molar-refractivity contribution in [3.8, 4) is 0 Å². The fourth-order valence-electron chi connectivity index (χ4n) is 2.71. The molecule has 2 aromatic carbocycles. The van der Waals surface area contributed by atoms with Crippen molar-refractivity contribution >= 4 is 52.2 Å². The van der Waals surface area contributed by atoms with E-state index >= 15 is 0 Å². The summed E-state index contributed by atoms with van der Waals surface area (Å²) in [7, 11) is 0. The molecular formula is C20H14Cl3F3N4O. The Bertz CT molecular complexity index is 1160. The second-order valence-electron chi connectivity index (χ2n) is 6.47. The molecule has 1 heterocycles. The van der Waals surface area contributed by atoms with Gasteiger partial charge in [-0.1, -0.05) is 40.9 Å². The normalized spacial score (nSPS) is 12.2. The number of hydrogen-bond donors (Lipinski definition) is 2. The van der Waals surface area contributed by atoms with Crippen molar-refractivity contribution < 1.29 is 18.0 Å². The molecule has 162 valence electrons. The van der Waals surface area contributed by atoms with E-state index in [9.17, 15) is 18.0 Å². The van der Waals surface area contributed by atoms with Crippen LogP contribution in [0.15, 0.2) is 47.5 Å². The van der Waals surface area contributed by atoms with Crippen LogP contribution in [0.25, 0.3) is 0 Å². The van der Waals surface area contributed by atoms with Crippen LogP contribution in [0, 0.1) is 6.92 Å². The van der Waals surface area contributed by atoms with Gasteiger partial charge in [-0.15, -0.1) is 0 Å². The molecule has 2 N–H and O–H groups in total. The molecule has 0 radical (unpaired) electrons. The van der Waals surface area contributed by atoms with E-state index in [1.807, 2.05) is 0 Å². The van der Waals surface area contributed by atoms with E-state index in [2.05, 4.69) is 20.5 Å². The minimum Gasteiger partial charge on any atom is -0.310 e. The van der Waals surface area contributed by atoms with Gasteiger partial charge in [0.15, 0.2) is 5.69 Å². The molecule has 11 heteroatoms. The van der Waals surface area contributed by atoms with Gasteiger partial charge >= 0.3 is 6.18 Å². The summed E-state index contributed by atoms with van der Waals surface area (Å²) in [4.78, 5) is 17.0. The third kappa shape index (κ3) is 5.78. The first-order valence-corrected chi connectivity index (χ1v) is 9.88. The number of aromatic nitrogens is 2. The van der Waals surface area contributed by atoms with Crippen LogP contribution in [0.3, 0.4) is 0 Å². The quantitative estimate of drug-likeness (QED) is 0.329. The number of aromatic amines is 1. The predicted molar refractivity (Wildman–Crippen MR) is 115 cm³/mol. The summed E-state index contributed by atoms with van der Waals surface area (Å²) in [6.07, 6.45) is -4.78. The third-order valence-corrected chi connectivity index (χ3v) is 5.01. The van der Waals surface area contributed by atoms with Gasteiger partial charge in [0.2, 0.25) is 0 Å².